The summed E-state index contributed by atoms with van der Waals surface area (Å²) in [5, 5.41) is 5.27. The summed E-state index contributed by atoms with van der Waals surface area (Å²) in [6.45, 7) is 0. The summed E-state index contributed by atoms with van der Waals surface area (Å²) in [7, 11) is -3.35. The third kappa shape index (κ3) is 4.64. The molecule has 1 N–H and O–H groups in total. The van der Waals surface area contributed by atoms with Gasteiger partial charge in [0, 0.05) is 24.0 Å². The molecule has 0 aromatic carbocycles. The summed E-state index contributed by atoms with van der Waals surface area (Å²) < 4.78 is 23.2. The first kappa shape index (κ1) is 18.0. The molecule has 25 heavy (non-hydrogen) atoms. The van der Waals surface area contributed by atoms with Crippen LogP contribution in [0.5, 0.6) is 0 Å². The van der Waals surface area contributed by atoms with Crippen molar-refractivity contribution >= 4 is 32.2 Å². The second-order valence-electron chi connectivity index (χ2n) is 6.47. The van der Waals surface area contributed by atoms with Gasteiger partial charge in [0.1, 0.15) is 0 Å². The van der Waals surface area contributed by atoms with Crippen LogP contribution in [-0.2, 0) is 14.6 Å². The van der Waals surface area contributed by atoms with E-state index in [0.717, 1.165) is 31.1 Å². The Balaban J connectivity index is 1.83. The maximum absolute atomic E-state index is 12.8. The lowest BCUT2D eigenvalue weighted by atomic mass is 9.88. The van der Waals surface area contributed by atoms with E-state index in [0.29, 0.717) is 11.0 Å². The third-order valence-electron chi connectivity index (χ3n) is 4.56. The lowest BCUT2D eigenvalue weighted by Gasteiger charge is -2.20. The fourth-order valence-corrected chi connectivity index (χ4v) is 4.36. The molecule has 0 bridgehead atoms. The Morgan fingerprint density at radius 2 is 2.08 bits per heavy atom. The highest BCUT2D eigenvalue weighted by Crippen LogP contribution is 2.35. The van der Waals surface area contributed by atoms with Crippen molar-refractivity contribution in [3.63, 3.8) is 0 Å². The molecule has 0 spiro atoms. The number of nitrogens with zero attached hydrogens (tertiary/aromatic N) is 2. The normalized spacial score (nSPS) is 16.7. The molecule has 3 rings (SSSR count). The van der Waals surface area contributed by atoms with E-state index >= 15 is 0 Å². The molecular weight excluding hydrogens is 358 g/mol. The third-order valence-corrected chi connectivity index (χ3v) is 6.25. The number of pyridine rings is 1. The van der Waals surface area contributed by atoms with E-state index in [1.807, 2.05) is 5.38 Å². The second-order valence-corrected chi connectivity index (χ2v) is 9.32. The van der Waals surface area contributed by atoms with Crippen molar-refractivity contribution < 1.29 is 13.2 Å². The molecule has 6 nitrogen and oxygen atoms in total. The van der Waals surface area contributed by atoms with Gasteiger partial charge in [0.25, 0.3) is 0 Å². The maximum Gasteiger partial charge on any atom is 0.233 e. The van der Waals surface area contributed by atoms with E-state index in [-0.39, 0.29) is 16.9 Å². The van der Waals surface area contributed by atoms with Crippen LogP contribution in [0.3, 0.4) is 0 Å². The van der Waals surface area contributed by atoms with E-state index in [9.17, 15) is 13.2 Å². The molecule has 2 heterocycles. The van der Waals surface area contributed by atoms with Gasteiger partial charge >= 0.3 is 0 Å². The maximum atomic E-state index is 12.8. The van der Waals surface area contributed by atoms with Crippen molar-refractivity contribution in [3.05, 3.63) is 35.5 Å². The fraction of sp³-hybridized carbons (Fsp3) is 0.471. The van der Waals surface area contributed by atoms with Crippen molar-refractivity contribution in [1.29, 1.82) is 0 Å². The Hall–Kier alpha value is -1.80. The topological polar surface area (TPSA) is 89.0 Å². The van der Waals surface area contributed by atoms with Crippen molar-refractivity contribution in [3.8, 4) is 0 Å². The zero-order chi connectivity index (χ0) is 17.9. The predicted molar refractivity (Wildman–Crippen MR) is 97.4 cm³/mol. The van der Waals surface area contributed by atoms with Crippen LogP contribution < -0.4 is 5.32 Å². The number of carbonyl (C=O) groups excluding carboxylic acids is 1. The molecule has 1 atom stereocenters. The predicted octanol–water partition coefficient (Wildman–Crippen LogP) is 3.24. The molecule has 1 aliphatic carbocycles. The zero-order valence-electron chi connectivity index (χ0n) is 14.0. The highest BCUT2D eigenvalue weighted by atomic mass is 32.2. The van der Waals surface area contributed by atoms with Gasteiger partial charge in [0.15, 0.2) is 20.0 Å². The molecule has 2 aromatic rings. The Kier molecular flexibility index (Phi) is 5.48. The first-order valence-corrected chi connectivity index (χ1v) is 11.1. The lowest BCUT2D eigenvalue weighted by molar-refractivity contribution is -0.118. The van der Waals surface area contributed by atoms with Crippen molar-refractivity contribution in [2.75, 3.05) is 11.6 Å². The van der Waals surface area contributed by atoms with Gasteiger partial charge in [0.2, 0.25) is 5.91 Å². The summed E-state index contributed by atoms with van der Waals surface area (Å²) in [4.78, 5) is 20.9. The zero-order valence-corrected chi connectivity index (χ0v) is 15.6. The van der Waals surface area contributed by atoms with Gasteiger partial charge in [-0.25, -0.2) is 18.4 Å². The minimum Gasteiger partial charge on any atom is -0.301 e. The van der Waals surface area contributed by atoms with Gasteiger partial charge in [-0.3, -0.25) is 4.79 Å². The van der Waals surface area contributed by atoms with E-state index in [1.54, 1.807) is 12.3 Å². The Morgan fingerprint density at radius 1 is 1.32 bits per heavy atom. The highest BCUT2D eigenvalue weighted by Gasteiger charge is 2.27. The summed E-state index contributed by atoms with van der Waals surface area (Å²) in [5.74, 6) is 0.0468. The number of aromatic nitrogens is 2. The molecule has 134 valence electrons. The van der Waals surface area contributed by atoms with Gasteiger partial charge in [-0.2, -0.15) is 0 Å². The largest absolute Gasteiger partial charge is 0.301 e. The van der Waals surface area contributed by atoms with Crippen molar-refractivity contribution in [2.24, 2.45) is 5.92 Å². The number of amides is 1. The van der Waals surface area contributed by atoms with Crippen LogP contribution in [0.25, 0.3) is 0 Å². The summed E-state index contributed by atoms with van der Waals surface area (Å²) in [5.41, 5.74) is 0.744. The van der Waals surface area contributed by atoms with E-state index in [4.69, 9.17) is 0 Å². The quantitative estimate of drug-likeness (QED) is 0.832. The Labute approximate surface area is 151 Å². The molecule has 1 fully saturated rings. The minimum atomic E-state index is -3.35. The van der Waals surface area contributed by atoms with Crippen LogP contribution >= 0.6 is 11.3 Å². The summed E-state index contributed by atoms with van der Waals surface area (Å²) in [6, 6.07) is 3.17. The standard InChI is InChI=1S/C17H21N3O3S2/c1-25(22,23)15-7-6-13(11-19-15)14(10-12-4-2-3-5-12)16(21)20-17-18-8-9-24-17/h6-9,11-12,14H,2-5,10H2,1H3,(H,18,20,21). The molecule has 0 saturated heterocycles. The van der Waals surface area contributed by atoms with Gasteiger partial charge in [-0.05, 0) is 24.0 Å². The Bertz CT molecular complexity index is 811. The van der Waals surface area contributed by atoms with E-state index < -0.39 is 9.84 Å². The molecule has 8 heteroatoms. The van der Waals surface area contributed by atoms with Crippen LogP contribution in [0, 0.1) is 5.92 Å². The number of carbonyl (C=O) groups is 1. The lowest BCUT2D eigenvalue weighted by Crippen LogP contribution is -2.23. The first-order chi connectivity index (χ1) is 11.9. The fourth-order valence-electron chi connectivity index (χ4n) is 3.27. The molecule has 1 unspecified atom stereocenters. The number of hydrogen-bond acceptors (Lipinski definition) is 6. The van der Waals surface area contributed by atoms with Crippen molar-refractivity contribution in [1.82, 2.24) is 9.97 Å². The number of rotatable bonds is 6. The van der Waals surface area contributed by atoms with Gasteiger partial charge < -0.3 is 5.32 Å². The Morgan fingerprint density at radius 3 is 2.64 bits per heavy atom. The average molecular weight is 380 g/mol. The number of anilines is 1. The number of hydrogen-bond donors (Lipinski definition) is 1. The van der Waals surface area contributed by atoms with Crippen LogP contribution in [0.4, 0.5) is 5.13 Å². The van der Waals surface area contributed by atoms with Crippen LogP contribution in [0.15, 0.2) is 34.9 Å². The van der Waals surface area contributed by atoms with Crippen LogP contribution in [0.2, 0.25) is 0 Å². The SMILES string of the molecule is CS(=O)(=O)c1ccc(C(CC2CCCC2)C(=O)Nc2nccs2)cn1. The van der Waals surface area contributed by atoms with Gasteiger partial charge in [-0.1, -0.05) is 31.7 Å². The molecular formula is C17H21N3O3S2. The molecule has 0 radical (unpaired) electrons. The van der Waals surface area contributed by atoms with Gasteiger partial charge in [0.05, 0.1) is 5.92 Å². The van der Waals surface area contributed by atoms with Crippen molar-refractivity contribution in [2.45, 2.75) is 43.0 Å². The summed E-state index contributed by atoms with van der Waals surface area (Å²) >= 11 is 1.37. The second kappa shape index (κ2) is 7.61. The average Bonchev–Trinajstić information content (AvgIpc) is 3.25. The van der Waals surface area contributed by atoms with Gasteiger partial charge in [-0.15, -0.1) is 11.3 Å². The number of thiazole rings is 1. The number of nitrogens with one attached hydrogen (secondary N) is 1. The van der Waals surface area contributed by atoms with Crippen LogP contribution in [0.1, 0.15) is 43.6 Å². The monoisotopic (exact) mass is 379 g/mol. The van der Waals surface area contributed by atoms with E-state index in [2.05, 4.69) is 15.3 Å². The smallest absolute Gasteiger partial charge is 0.233 e. The number of sulfone groups is 1. The molecule has 1 saturated carbocycles. The molecule has 0 aliphatic heterocycles. The van der Waals surface area contributed by atoms with Crippen LogP contribution in [-0.4, -0.2) is 30.5 Å². The molecule has 1 aliphatic rings. The van der Waals surface area contributed by atoms with E-state index in [1.165, 1.54) is 36.4 Å². The highest BCUT2D eigenvalue weighted by molar-refractivity contribution is 7.90. The summed E-state index contributed by atoms with van der Waals surface area (Å²) in [6.07, 6.45) is 9.71. The minimum absolute atomic E-state index is 0.0243. The first-order valence-electron chi connectivity index (χ1n) is 8.30. The molecule has 1 amide bonds. The molecule has 2 aromatic heterocycles.